The number of halogens is 1. The van der Waals surface area contributed by atoms with Crippen LogP contribution in [0.2, 0.25) is 0 Å². The minimum atomic E-state index is -0.916. The first-order valence-corrected chi connectivity index (χ1v) is 6.68. The Labute approximate surface area is 120 Å². The summed E-state index contributed by atoms with van der Waals surface area (Å²) in [6.45, 7) is 2.49. The van der Waals surface area contributed by atoms with Gasteiger partial charge in [-0.25, -0.2) is 4.79 Å². The number of anilines is 1. The fraction of sp³-hybridized carbons (Fsp3) is 0.133. The maximum absolute atomic E-state index is 11.2. The lowest BCUT2D eigenvalue weighted by atomic mass is 10.1. The number of carboxylic acid groups (broad SMARTS) is 1. The molecule has 0 aromatic heterocycles. The number of hydrogen-bond acceptors (Lipinski definition) is 2. The van der Waals surface area contributed by atoms with Gasteiger partial charge in [0.15, 0.2) is 0 Å². The second kappa shape index (κ2) is 5.89. The van der Waals surface area contributed by atoms with Gasteiger partial charge >= 0.3 is 5.97 Å². The summed E-state index contributed by atoms with van der Waals surface area (Å²) in [7, 11) is 0. The molecule has 0 aliphatic heterocycles. The van der Waals surface area contributed by atoms with Gasteiger partial charge in [-0.3, -0.25) is 0 Å². The monoisotopic (exact) mass is 319 g/mol. The summed E-state index contributed by atoms with van der Waals surface area (Å²) >= 11 is 3.42. The van der Waals surface area contributed by atoms with Crippen molar-refractivity contribution < 1.29 is 9.90 Å². The molecule has 0 heterocycles. The van der Waals surface area contributed by atoms with E-state index in [1.165, 1.54) is 0 Å². The summed E-state index contributed by atoms with van der Waals surface area (Å²) < 4.78 is 1.01. The van der Waals surface area contributed by atoms with Gasteiger partial charge in [0.05, 0.1) is 11.3 Å². The molecule has 0 atom stereocenters. The number of carbonyl (C=O) groups is 1. The van der Waals surface area contributed by atoms with Crippen molar-refractivity contribution in [2.24, 2.45) is 0 Å². The third kappa shape index (κ3) is 3.35. The van der Waals surface area contributed by atoms with E-state index in [1.807, 2.05) is 37.3 Å². The van der Waals surface area contributed by atoms with Crippen LogP contribution in [-0.4, -0.2) is 11.1 Å². The highest BCUT2D eigenvalue weighted by Gasteiger charge is 2.11. The zero-order valence-corrected chi connectivity index (χ0v) is 12.1. The Morgan fingerprint density at radius 3 is 2.68 bits per heavy atom. The molecule has 0 aliphatic rings. The predicted molar refractivity (Wildman–Crippen MR) is 79.6 cm³/mol. The average Bonchev–Trinajstić information content (AvgIpc) is 2.37. The molecule has 0 amide bonds. The van der Waals surface area contributed by atoms with Crippen LogP contribution in [0.3, 0.4) is 0 Å². The molecule has 2 N–H and O–H groups in total. The van der Waals surface area contributed by atoms with E-state index in [1.54, 1.807) is 12.1 Å². The van der Waals surface area contributed by atoms with Crippen molar-refractivity contribution in [3.63, 3.8) is 0 Å². The van der Waals surface area contributed by atoms with Crippen molar-refractivity contribution in [3.05, 3.63) is 63.6 Å². The van der Waals surface area contributed by atoms with E-state index in [2.05, 4.69) is 21.2 Å². The summed E-state index contributed by atoms with van der Waals surface area (Å²) in [5, 5.41) is 12.4. The third-order valence-corrected chi connectivity index (χ3v) is 3.35. The maximum atomic E-state index is 11.2. The molecule has 0 fully saturated rings. The molecule has 2 aromatic rings. The lowest BCUT2D eigenvalue weighted by molar-refractivity contribution is 0.0698. The quantitative estimate of drug-likeness (QED) is 0.893. The van der Waals surface area contributed by atoms with Crippen molar-refractivity contribution in [1.29, 1.82) is 0 Å². The van der Waals surface area contributed by atoms with Crippen LogP contribution >= 0.6 is 15.9 Å². The van der Waals surface area contributed by atoms with E-state index in [0.717, 1.165) is 15.6 Å². The fourth-order valence-electron chi connectivity index (χ4n) is 1.92. The van der Waals surface area contributed by atoms with E-state index < -0.39 is 5.97 Å². The first-order valence-electron chi connectivity index (χ1n) is 5.89. The number of carboxylic acids is 1. The smallest absolute Gasteiger partial charge is 0.337 e. The fourth-order valence-corrected chi connectivity index (χ4v) is 2.36. The number of benzene rings is 2. The summed E-state index contributed by atoms with van der Waals surface area (Å²) in [5.74, 6) is -0.916. The first-order chi connectivity index (χ1) is 9.08. The van der Waals surface area contributed by atoms with Crippen LogP contribution in [0.4, 0.5) is 5.69 Å². The summed E-state index contributed by atoms with van der Waals surface area (Å²) in [5.41, 5.74) is 2.99. The topological polar surface area (TPSA) is 49.3 Å². The number of rotatable bonds is 4. The molecule has 4 heteroatoms. The first kappa shape index (κ1) is 13.6. The number of hydrogen-bond donors (Lipinski definition) is 2. The molecule has 0 spiro atoms. The molecule has 2 aromatic carbocycles. The molecule has 0 unspecified atom stereocenters. The highest BCUT2D eigenvalue weighted by molar-refractivity contribution is 9.10. The summed E-state index contributed by atoms with van der Waals surface area (Å²) in [6.07, 6.45) is 0. The van der Waals surface area contributed by atoms with Gasteiger partial charge in [0, 0.05) is 11.0 Å². The Hall–Kier alpha value is -1.81. The lowest BCUT2D eigenvalue weighted by Gasteiger charge is -2.12. The summed E-state index contributed by atoms with van der Waals surface area (Å²) in [4.78, 5) is 11.2. The SMILES string of the molecule is Cc1cccc(C(=O)O)c1NCc1cccc(Br)c1. The molecule has 98 valence electrons. The molecule has 2 rings (SSSR count). The normalized spacial score (nSPS) is 10.2. The van der Waals surface area contributed by atoms with Crippen molar-refractivity contribution >= 4 is 27.6 Å². The molecule has 0 radical (unpaired) electrons. The summed E-state index contributed by atoms with van der Waals surface area (Å²) in [6, 6.07) is 13.2. The van der Waals surface area contributed by atoms with Crippen molar-refractivity contribution in [2.75, 3.05) is 5.32 Å². The standard InChI is InChI=1S/C15H14BrNO2/c1-10-4-2-7-13(15(18)19)14(10)17-9-11-5-3-6-12(16)8-11/h2-8,17H,9H2,1H3,(H,18,19). The van der Waals surface area contributed by atoms with Crippen LogP contribution in [-0.2, 0) is 6.54 Å². The van der Waals surface area contributed by atoms with Gasteiger partial charge in [-0.2, -0.15) is 0 Å². The number of nitrogens with one attached hydrogen (secondary N) is 1. The average molecular weight is 320 g/mol. The van der Waals surface area contributed by atoms with Gasteiger partial charge in [0.1, 0.15) is 0 Å². The van der Waals surface area contributed by atoms with Crippen LogP contribution in [0.15, 0.2) is 46.9 Å². The van der Waals surface area contributed by atoms with Crippen LogP contribution in [0.25, 0.3) is 0 Å². The minimum absolute atomic E-state index is 0.301. The Morgan fingerprint density at radius 2 is 2.00 bits per heavy atom. The molecule has 0 aliphatic carbocycles. The second-order valence-corrected chi connectivity index (χ2v) is 5.20. The predicted octanol–water partition coefficient (Wildman–Crippen LogP) is 4.07. The zero-order valence-electron chi connectivity index (χ0n) is 10.5. The Bertz CT molecular complexity index is 611. The lowest BCUT2D eigenvalue weighted by Crippen LogP contribution is -2.08. The van der Waals surface area contributed by atoms with Crippen LogP contribution < -0.4 is 5.32 Å². The van der Waals surface area contributed by atoms with Gasteiger partial charge in [0.25, 0.3) is 0 Å². The molecule has 0 saturated carbocycles. The number of para-hydroxylation sites is 1. The zero-order chi connectivity index (χ0) is 13.8. The molecular formula is C15H14BrNO2. The van der Waals surface area contributed by atoms with E-state index in [4.69, 9.17) is 0 Å². The Balaban J connectivity index is 2.22. The van der Waals surface area contributed by atoms with Gasteiger partial charge in [-0.1, -0.05) is 40.2 Å². The van der Waals surface area contributed by atoms with E-state index >= 15 is 0 Å². The molecule has 3 nitrogen and oxygen atoms in total. The highest BCUT2D eigenvalue weighted by atomic mass is 79.9. The van der Waals surface area contributed by atoms with E-state index in [0.29, 0.717) is 17.8 Å². The molecular weight excluding hydrogens is 306 g/mol. The third-order valence-electron chi connectivity index (χ3n) is 2.86. The second-order valence-electron chi connectivity index (χ2n) is 4.29. The van der Waals surface area contributed by atoms with Crippen LogP contribution in [0, 0.1) is 6.92 Å². The molecule has 19 heavy (non-hydrogen) atoms. The van der Waals surface area contributed by atoms with Crippen molar-refractivity contribution in [1.82, 2.24) is 0 Å². The molecule has 0 saturated heterocycles. The largest absolute Gasteiger partial charge is 0.478 e. The Morgan fingerprint density at radius 1 is 1.26 bits per heavy atom. The number of aryl methyl sites for hydroxylation is 1. The van der Waals surface area contributed by atoms with Gasteiger partial charge < -0.3 is 10.4 Å². The van der Waals surface area contributed by atoms with Gasteiger partial charge in [-0.15, -0.1) is 0 Å². The van der Waals surface area contributed by atoms with Crippen molar-refractivity contribution in [3.8, 4) is 0 Å². The van der Waals surface area contributed by atoms with E-state index in [-0.39, 0.29) is 0 Å². The van der Waals surface area contributed by atoms with Gasteiger partial charge in [-0.05, 0) is 36.2 Å². The minimum Gasteiger partial charge on any atom is -0.478 e. The highest BCUT2D eigenvalue weighted by Crippen LogP contribution is 2.22. The van der Waals surface area contributed by atoms with Crippen LogP contribution in [0.5, 0.6) is 0 Å². The Kier molecular flexibility index (Phi) is 4.22. The van der Waals surface area contributed by atoms with Gasteiger partial charge in [0.2, 0.25) is 0 Å². The molecule has 0 bridgehead atoms. The van der Waals surface area contributed by atoms with E-state index in [9.17, 15) is 9.90 Å². The maximum Gasteiger partial charge on any atom is 0.337 e. The van der Waals surface area contributed by atoms with Crippen LogP contribution in [0.1, 0.15) is 21.5 Å². The number of aromatic carboxylic acids is 1. The van der Waals surface area contributed by atoms with Crippen molar-refractivity contribution in [2.45, 2.75) is 13.5 Å².